The van der Waals surface area contributed by atoms with Gasteiger partial charge in [-0.2, -0.15) is 0 Å². The van der Waals surface area contributed by atoms with E-state index in [-0.39, 0.29) is 11.7 Å². The molecular formula is C20H27NO3S. The van der Waals surface area contributed by atoms with Gasteiger partial charge in [0.15, 0.2) is 9.84 Å². The van der Waals surface area contributed by atoms with Crippen LogP contribution in [0.2, 0.25) is 0 Å². The summed E-state index contributed by atoms with van der Waals surface area (Å²) in [4.78, 5) is 14.8. The van der Waals surface area contributed by atoms with Crippen molar-refractivity contribution in [2.75, 3.05) is 10.7 Å². The first-order valence-corrected chi connectivity index (χ1v) is 10.9. The second-order valence-corrected chi connectivity index (χ2v) is 9.40. The third kappa shape index (κ3) is 4.32. The van der Waals surface area contributed by atoms with Gasteiger partial charge in [0.2, 0.25) is 5.91 Å². The van der Waals surface area contributed by atoms with Crippen molar-refractivity contribution in [1.82, 2.24) is 0 Å². The molecule has 1 heterocycles. The maximum absolute atomic E-state index is 13.1. The van der Waals surface area contributed by atoms with E-state index in [0.29, 0.717) is 12.3 Å². The molecule has 5 heteroatoms. The second-order valence-electron chi connectivity index (χ2n) is 7.47. The molecule has 0 unspecified atom stereocenters. The smallest absolute Gasteiger partial charge is 0.227 e. The number of benzene rings is 1. The van der Waals surface area contributed by atoms with Crippen molar-refractivity contribution in [2.45, 2.75) is 58.4 Å². The predicted octanol–water partition coefficient (Wildman–Crippen LogP) is 3.92. The van der Waals surface area contributed by atoms with Crippen molar-refractivity contribution in [2.24, 2.45) is 5.92 Å². The minimum absolute atomic E-state index is 0.0175. The third-order valence-corrected chi connectivity index (χ3v) is 6.85. The van der Waals surface area contributed by atoms with E-state index in [4.69, 9.17) is 0 Å². The van der Waals surface area contributed by atoms with Crippen molar-refractivity contribution in [3.05, 3.63) is 40.8 Å². The fraction of sp³-hybridized carbons (Fsp3) is 0.550. The Labute approximate surface area is 150 Å². The molecule has 0 spiro atoms. The summed E-state index contributed by atoms with van der Waals surface area (Å²) in [6, 6.07) is 5.52. The molecule has 0 aromatic heterocycles. The normalized spacial score (nSPS) is 22.9. The van der Waals surface area contributed by atoms with Crippen LogP contribution in [0, 0.1) is 19.8 Å². The van der Waals surface area contributed by atoms with Gasteiger partial charge in [-0.05, 0) is 61.9 Å². The van der Waals surface area contributed by atoms with Gasteiger partial charge < -0.3 is 4.90 Å². The molecule has 1 aromatic rings. The maximum Gasteiger partial charge on any atom is 0.227 e. The van der Waals surface area contributed by atoms with Crippen LogP contribution in [0.15, 0.2) is 29.7 Å². The SMILES string of the molecule is Cc1ccc(N(C(=O)CC2CCCCC2)[C@@H]2C=CS(=O)(=O)C2)cc1C. The van der Waals surface area contributed by atoms with E-state index >= 15 is 0 Å². The number of carbonyl (C=O) groups is 1. The zero-order valence-corrected chi connectivity index (χ0v) is 15.9. The number of hydrogen-bond donors (Lipinski definition) is 0. The highest BCUT2D eigenvalue weighted by molar-refractivity contribution is 7.94. The summed E-state index contributed by atoms with van der Waals surface area (Å²) < 4.78 is 23.8. The van der Waals surface area contributed by atoms with Gasteiger partial charge in [0.25, 0.3) is 0 Å². The summed E-state index contributed by atoms with van der Waals surface area (Å²) in [5.41, 5.74) is 3.08. The Hall–Kier alpha value is -1.62. The molecule has 1 aromatic carbocycles. The summed E-state index contributed by atoms with van der Waals surface area (Å²) in [6.07, 6.45) is 8.02. The number of carbonyl (C=O) groups excluding carboxylic acids is 1. The van der Waals surface area contributed by atoms with Crippen LogP contribution in [0.1, 0.15) is 49.7 Å². The molecule has 1 fully saturated rings. The Morgan fingerprint density at radius 2 is 1.84 bits per heavy atom. The van der Waals surface area contributed by atoms with Crippen molar-refractivity contribution < 1.29 is 13.2 Å². The fourth-order valence-corrected chi connectivity index (χ4v) is 5.12. The lowest BCUT2D eigenvalue weighted by molar-refractivity contribution is -0.120. The molecule has 3 rings (SSSR count). The summed E-state index contributed by atoms with van der Waals surface area (Å²) in [5, 5.41) is 1.25. The van der Waals surface area contributed by atoms with Gasteiger partial charge in [0.1, 0.15) is 0 Å². The summed E-state index contributed by atoms with van der Waals surface area (Å²) in [5.74, 6) is 0.454. The molecule has 25 heavy (non-hydrogen) atoms. The lowest BCUT2D eigenvalue weighted by atomic mass is 9.86. The van der Waals surface area contributed by atoms with Crippen molar-refractivity contribution in [3.63, 3.8) is 0 Å². The second kappa shape index (κ2) is 7.32. The number of aryl methyl sites for hydroxylation is 2. The lowest BCUT2D eigenvalue weighted by Gasteiger charge is -2.31. The topological polar surface area (TPSA) is 54.5 Å². The van der Waals surface area contributed by atoms with E-state index in [1.165, 1.54) is 24.7 Å². The Bertz CT molecular complexity index is 776. The Balaban J connectivity index is 1.87. The van der Waals surface area contributed by atoms with Crippen molar-refractivity contribution >= 4 is 21.4 Å². The van der Waals surface area contributed by atoms with Gasteiger partial charge in [0.05, 0.1) is 11.8 Å². The predicted molar refractivity (Wildman–Crippen MR) is 101 cm³/mol. The van der Waals surface area contributed by atoms with Crippen LogP contribution in [-0.2, 0) is 14.6 Å². The van der Waals surface area contributed by atoms with E-state index in [9.17, 15) is 13.2 Å². The lowest BCUT2D eigenvalue weighted by Crippen LogP contribution is -2.42. The van der Waals surface area contributed by atoms with Gasteiger partial charge >= 0.3 is 0 Å². The Kier molecular flexibility index (Phi) is 5.32. The third-order valence-electron chi connectivity index (χ3n) is 5.47. The first-order chi connectivity index (χ1) is 11.9. The number of rotatable bonds is 4. The zero-order valence-electron chi connectivity index (χ0n) is 15.1. The standard InChI is InChI=1S/C20H27NO3S/c1-15-8-9-18(12-16(15)2)21(19-10-11-25(23,24)14-19)20(22)13-17-6-4-3-5-7-17/h8-12,17,19H,3-7,13-14H2,1-2H3/t19-/m1/s1. The monoisotopic (exact) mass is 361 g/mol. The average molecular weight is 362 g/mol. The van der Waals surface area contributed by atoms with Crippen LogP contribution in [-0.4, -0.2) is 26.1 Å². The molecule has 1 aliphatic carbocycles. The molecule has 0 bridgehead atoms. The summed E-state index contributed by atoms with van der Waals surface area (Å²) in [7, 11) is -3.21. The molecule has 136 valence electrons. The van der Waals surface area contributed by atoms with Gasteiger partial charge in [-0.25, -0.2) is 8.42 Å². The highest BCUT2D eigenvalue weighted by Gasteiger charge is 2.32. The summed E-state index contributed by atoms with van der Waals surface area (Å²) in [6.45, 7) is 4.05. The molecule has 1 amide bonds. The van der Waals surface area contributed by atoms with E-state index in [0.717, 1.165) is 29.7 Å². The molecule has 2 aliphatic rings. The molecule has 4 nitrogen and oxygen atoms in total. The average Bonchev–Trinajstić information content (AvgIpc) is 2.91. The van der Waals surface area contributed by atoms with Gasteiger partial charge in [0, 0.05) is 17.5 Å². The number of anilines is 1. The molecule has 0 saturated heterocycles. The van der Waals surface area contributed by atoms with Gasteiger partial charge in [-0.15, -0.1) is 0 Å². The van der Waals surface area contributed by atoms with E-state index in [1.54, 1.807) is 11.0 Å². The van der Waals surface area contributed by atoms with E-state index < -0.39 is 15.9 Å². The summed E-state index contributed by atoms with van der Waals surface area (Å²) >= 11 is 0. The first-order valence-electron chi connectivity index (χ1n) is 9.16. The first kappa shape index (κ1) is 18.2. The maximum atomic E-state index is 13.1. The minimum atomic E-state index is -3.21. The quantitative estimate of drug-likeness (QED) is 0.817. The Morgan fingerprint density at radius 1 is 1.12 bits per heavy atom. The highest BCUT2D eigenvalue weighted by Crippen LogP contribution is 2.30. The number of amides is 1. The molecule has 0 radical (unpaired) electrons. The van der Waals surface area contributed by atoms with Crippen LogP contribution in [0.5, 0.6) is 0 Å². The number of sulfone groups is 1. The molecular weight excluding hydrogens is 334 g/mol. The van der Waals surface area contributed by atoms with E-state index in [1.807, 2.05) is 32.0 Å². The van der Waals surface area contributed by atoms with Crippen molar-refractivity contribution in [1.29, 1.82) is 0 Å². The number of nitrogens with zero attached hydrogens (tertiary/aromatic N) is 1. The van der Waals surface area contributed by atoms with E-state index in [2.05, 4.69) is 0 Å². The molecule has 1 aliphatic heterocycles. The van der Waals surface area contributed by atoms with Crippen LogP contribution in [0.4, 0.5) is 5.69 Å². The fourth-order valence-electron chi connectivity index (χ4n) is 3.85. The molecule has 1 atom stereocenters. The van der Waals surface area contributed by atoms with Crippen LogP contribution < -0.4 is 4.90 Å². The minimum Gasteiger partial charge on any atom is -0.304 e. The van der Waals surface area contributed by atoms with Crippen LogP contribution in [0.25, 0.3) is 0 Å². The molecule has 1 saturated carbocycles. The van der Waals surface area contributed by atoms with Crippen LogP contribution >= 0.6 is 0 Å². The van der Waals surface area contributed by atoms with Crippen LogP contribution in [0.3, 0.4) is 0 Å². The number of hydrogen-bond acceptors (Lipinski definition) is 3. The largest absolute Gasteiger partial charge is 0.304 e. The molecule has 0 N–H and O–H groups in total. The van der Waals surface area contributed by atoms with Crippen molar-refractivity contribution in [3.8, 4) is 0 Å². The highest BCUT2D eigenvalue weighted by atomic mass is 32.2. The van der Waals surface area contributed by atoms with Gasteiger partial charge in [-0.3, -0.25) is 4.79 Å². The Morgan fingerprint density at radius 3 is 2.44 bits per heavy atom. The zero-order chi connectivity index (χ0) is 18.0. The van der Waals surface area contributed by atoms with Gasteiger partial charge in [-0.1, -0.05) is 25.3 Å².